The van der Waals surface area contributed by atoms with Crippen LogP contribution in [0.3, 0.4) is 0 Å². The van der Waals surface area contributed by atoms with Gasteiger partial charge in [0.05, 0.1) is 6.10 Å². The fourth-order valence-electron chi connectivity index (χ4n) is 2.39. The van der Waals surface area contributed by atoms with E-state index in [-0.39, 0.29) is 5.91 Å². The summed E-state index contributed by atoms with van der Waals surface area (Å²) in [6.07, 6.45) is 9.86. The second-order valence-electron chi connectivity index (χ2n) is 5.08. The van der Waals surface area contributed by atoms with E-state index in [4.69, 9.17) is 4.74 Å². The highest BCUT2D eigenvalue weighted by atomic mass is 16.5. The number of imidazole rings is 1. The van der Waals surface area contributed by atoms with Crippen molar-refractivity contribution in [3.63, 3.8) is 0 Å². The molecule has 1 fully saturated rings. The van der Waals surface area contributed by atoms with Gasteiger partial charge in [-0.05, 0) is 26.2 Å². The van der Waals surface area contributed by atoms with Crippen molar-refractivity contribution in [3.05, 3.63) is 18.2 Å². The van der Waals surface area contributed by atoms with E-state index in [1.54, 1.807) is 6.20 Å². The fraction of sp³-hybridized carbons (Fsp3) is 0.714. The Bertz CT molecular complexity index is 397. The highest BCUT2D eigenvalue weighted by molar-refractivity contribution is 5.75. The predicted octanol–water partition coefficient (Wildman–Crippen LogP) is 1.66. The van der Waals surface area contributed by atoms with E-state index in [1.807, 2.05) is 17.7 Å². The van der Waals surface area contributed by atoms with Gasteiger partial charge < -0.3 is 14.6 Å². The Labute approximate surface area is 114 Å². The van der Waals surface area contributed by atoms with Crippen LogP contribution in [0.5, 0.6) is 0 Å². The molecule has 1 heterocycles. The molecule has 0 aliphatic heterocycles. The van der Waals surface area contributed by atoms with Gasteiger partial charge in [0.25, 0.3) is 0 Å². The van der Waals surface area contributed by atoms with Crippen LogP contribution in [0.15, 0.2) is 12.4 Å². The van der Waals surface area contributed by atoms with Gasteiger partial charge in [-0.25, -0.2) is 4.98 Å². The SMILES string of the molecule is Cc1nccn1CC(=O)NCCCOC1CCCC1. The van der Waals surface area contributed by atoms with Gasteiger partial charge in [-0.2, -0.15) is 0 Å². The molecular weight excluding hydrogens is 242 g/mol. The minimum absolute atomic E-state index is 0.0296. The van der Waals surface area contributed by atoms with Crippen molar-refractivity contribution in [3.8, 4) is 0 Å². The molecule has 106 valence electrons. The van der Waals surface area contributed by atoms with Crippen molar-refractivity contribution in [2.24, 2.45) is 0 Å². The first-order chi connectivity index (χ1) is 9.25. The van der Waals surface area contributed by atoms with Gasteiger partial charge in [0, 0.05) is 25.5 Å². The van der Waals surface area contributed by atoms with Crippen molar-refractivity contribution in [2.75, 3.05) is 13.2 Å². The first-order valence-electron chi connectivity index (χ1n) is 7.12. The Kier molecular flexibility index (Phi) is 5.39. The van der Waals surface area contributed by atoms with Crippen LogP contribution in [0.1, 0.15) is 37.9 Å². The van der Waals surface area contributed by atoms with Gasteiger partial charge in [0.1, 0.15) is 12.4 Å². The number of carbonyl (C=O) groups excluding carboxylic acids is 1. The van der Waals surface area contributed by atoms with Gasteiger partial charge in [-0.3, -0.25) is 4.79 Å². The van der Waals surface area contributed by atoms with Crippen LogP contribution in [0, 0.1) is 6.92 Å². The third-order valence-electron chi connectivity index (χ3n) is 3.54. The Morgan fingerprint density at radius 3 is 3.00 bits per heavy atom. The standard InChI is InChI=1S/C14H23N3O2/c1-12-15-8-9-17(12)11-14(18)16-7-4-10-19-13-5-2-3-6-13/h8-9,13H,2-7,10-11H2,1H3,(H,16,18). The Hall–Kier alpha value is -1.36. The zero-order valence-electron chi connectivity index (χ0n) is 11.6. The maximum absolute atomic E-state index is 11.7. The Morgan fingerprint density at radius 2 is 2.32 bits per heavy atom. The Morgan fingerprint density at radius 1 is 1.53 bits per heavy atom. The quantitative estimate of drug-likeness (QED) is 0.763. The zero-order valence-corrected chi connectivity index (χ0v) is 11.6. The summed E-state index contributed by atoms with van der Waals surface area (Å²) in [6.45, 7) is 3.66. The highest BCUT2D eigenvalue weighted by Gasteiger charge is 2.14. The summed E-state index contributed by atoms with van der Waals surface area (Å²) in [5.41, 5.74) is 0. The molecule has 1 saturated carbocycles. The summed E-state index contributed by atoms with van der Waals surface area (Å²) in [7, 11) is 0. The molecule has 1 aromatic heterocycles. The second kappa shape index (κ2) is 7.28. The maximum atomic E-state index is 11.7. The number of hydrogen-bond acceptors (Lipinski definition) is 3. The predicted molar refractivity (Wildman–Crippen MR) is 72.8 cm³/mol. The van der Waals surface area contributed by atoms with Gasteiger partial charge in [-0.1, -0.05) is 12.8 Å². The summed E-state index contributed by atoms with van der Waals surface area (Å²) < 4.78 is 7.58. The molecule has 0 saturated heterocycles. The number of aromatic nitrogens is 2. The lowest BCUT2D eigenvalue weighted by Crippen LogP contribution is -2.29. The van der Waals surface area contributed by atoms with Crippen LogP contribution < -0.4 is 5.32 Å². The first kappa shape index (κ1) is 14.1. The van der Waals surface area contributed by atoms with Crippen LogP contribution >= 0.6 is 0 Å². The van der Waals surface area contributed by atoms with E-state index in [0.29, 0.717) is 19.2 Å². The van der Waals surface area contributed by atoms with Gasteiger partial charge in [-0.15, -0.1) is 0 Å². The lowest BCUT2D eigenvalue weighted by atomic mass is 10.3. The highest BCUT2D eigenvalue weighted by Crippen LogP contribution is 2.20. The summed E-state index contributed by atoms with van der Waals surface area (Å²) >= 11 is 0. The van der Waals surface area contributed by atoms with Crippen molar-refractivity contribution in [1.29, 1.82) is 0 Å². The zero-order chi connectivity index (χ0) is 13.5. The van der Waals surface area contributed by atoms with Gasteiger partial charge in [0.2, 0.25) is 5.91 Å². The number of carbonyl (C=O) groups is 1. The number of nitrogens with one attached hydrogen (secondary N) is 1. The molecule has 5 heteroatoms. The van der Waals surface area contributed by atoms with Gasteiger partial charge in [0.15, 0.2) is 0 Å². The molecule has 0 spiro atoms. The minimum Gasteiger partial charge on any atom is -0.378 e. The van der Waals surface area contributed by atoms with E-state index >= 15 is 0 Å². The number of nitrogens with zero attached hydrogens (tertiary/aromatic N) is 2. The largest absolute Gasteiger partial charge is 0.378 e. The van der Waals surface area contributed by atoms with Crippen molar-refractivity contribution < 1.29 is 9.53 Å². The summed E-state index contributed by atoms with van der Waals surface area (Å²) in [5, 5.41) is 2.91. The maximum Gasteiger partial charge on any atom is 0.239 e. The summed E-state index contributed by atoms with van der Waals surface area (Å²) in [5.74, 6) is 0.890. The molecule has 1 N–H and O–H groups in total. The monoisotopic (exact) mass is 265 g/mol. The Balaban J connectivity index is 1.53. The number of aryl methyl sites for hydroxylation is 1. The lowest BCUT2D eigenvalue weighted by molar-refractivity contribution is -0.121. The number of ether oxygens (including phenoxy) is 1. The van der Waals surface area contributed by atoms with E-state index < -0.39 is 0 Å². The molecule has 0 atom stereocenters. The fourth-order valence-corrected chi connectivity index (χ4v) is 2.39. The topological polar surface area (TPSA) is 56.2 Å². The molecule has 1 aliphatic carbocycles. The summed E-state index contributed by atoms with van der Waals surface area (Å²) in [4.78, 5) is 15.8. The average molecular weight is 265 g/mol. The van der Waals surface area contributed by atoms with Crippen LogP contribution in [-0.4, -0.2) is 34.7 Å². The van der Waals surface area contributed by atoms with Gasteiger partial charge >= 0.3 is 0 Å². The average Bonchev–Trinajstić information content (AvgIpc) is 3.02. The third-order valence-corrected chi connectivity index (χ3v) is 3.54. The molecule has 1 aliphatic rings. The smallest absolute Gasteiger partial charge is 0.239 e. The van der Waals surface area contributed by atoms with Crippen LogP contribution in [0.25, 0.3) is 0 Å². The third kappa shape index (κ3) is 4.67. The van der Waals surface area contributed by atoms with E-state index in [9.17, 15) is 4.79 Å². The molecule has 2 rings (SSSR count). The molecule has 0 radical (unpaired) electrons. The van der Waals surface area contributed by atoms with E-state index in [1.165, 1.54) is 25.7 Å². The number of rotatable bonds is 7. The van der Waals surface area contributed by atoms with Crippen molar-refractivity contribution in [2.45, 2.75) is 51.7 Å². The molecule has 1 amide bonds. The molecule has 5 nitrogen and oxygen atoms in total. The van der Waals surface area contributed by atoms with Crippen LogP contribution in [0.4, 0.5) is 0 Å². The number of amides is 1. The second-order valence-corrected chi connectivity index (χ2v) is 5.08. The molecule has 0 aromatic carbocycles. The first-order valence-corrected chi connectivity index (χ1v) is 7.12. The molecule has 0 bridgehead atoms. The van der Waals surface area contributed by atoms with Crippen LogP contribution in [-0.2, 0) is 16.1 Å². The van der Waals surface area contributed by atoms with Crippen LogP contribution in [0.2, 0.25) is 0 Å². The number of hydrogen-bond donors (Lipinski definition) is 1. The normalized spacial score (nSPS) is 15.8. The lowest BCUT2D eigenvalue weighted by Gasteiger charge is -2.11. The minimum atomic E-state index is 0.0296. The summed E-state index contributed by atoms with van der Waals surface area (Å²) in [6, 6.07) is 0. The molecule has 19 heavy (non-hydrogen) atoms. The van der Waals surface area contributed by atoms with E-state index in [0.717, 1.165) is 18.9 Å². The van der Waals surface area contributed by atoms with Crippen molar-refractivity contribution in [1.82, 2.24) is 14.9 Å². The molecular formula is C14H23N3O2. The molecule has 0 unspecified atom stereocenters. The van der Waals surface area contributed by atoms with E-state index in [2.05, 4.69) is 10.3 Å². The van der Waals surface area contributed by atoms with Crippen molar-refractivity contribution >= 4 is 5.91 Å². The molecule has 1 aromatic rings.